The summed E-state index contributed by atoms with van der Waals surface area (Å²) in [7, 11) is 0. The molecule has 7 heteroatoms. The first-order valence-electron chi connectivity index (χ1n) is 9.31. The van der Waals surface area contributed by atoms with Gasteiger partial charge in [0.25, 0.3) is 0 Å². The van der Waals surface area contributed by atoms with E-state index in [9.17, 15) is 9.59 Å². The first-order chi connectivity index (χ1) is 12.6. The van der Waals surface area contributed by atoms with E-state index in [4.69, 9.17) is 0 Å². The summed E-state index contributed by atoms with van der Waals surface area (Å²) >= 11 is 0. The minimum absolute atomic E-state index is 0.0279. The van der Waals surface area contributed by atoms with E-state index in [0.29, 0.717) is 25.6 Å². The minimum Gasteiger partial charge on any atom is -0.357 e. The lowest BCUT2D eigenvalue weighted by atomic mass is 10.1. The number of guanidine groups is 1. The molecule has 0 radical (unpaired) electrons. The standard InChI is InChI=1S/C19H29N5O2/c1-3-14-6-5-7-16(12-14)24-17(25)13-23-19(20-4-2)22-11-10-21-18(26)15-8-9-15/h5-7,12,15H,3-4,8-11,13H2,1-2H3,(H,21,26)(H,24,25)(H2,20,22,23). The zero-order valence-electron chi connectivity index (χ0n) is 15.6. The summed E-state index contributed by atoms with van der Waals surface area (Å²) < 4.78 is 0. The highest BCUT2D eigenvalue weighted by Crippen LogP contribution is 2.28. The Morgan fingerprint density at radius 2 is 1.88 bits per heavy atom. The number of hydrogen-bond acceptors (Lipinski definition) is 3. The Labute approximate surface area is 155 Å². The number of carbonyl (C=O) groups is 2. The molecule has 0 bridgehead atoms. The number of aryl methyl sites for hydroxylation is 1. The monoisotopic (exact) mass is 359 g/mol. The van der Waals surface area contributed by atoms with Gasteiger partial charge in [0.1, 0.15) is 6.54 Å². The molecule has 1 aromatic carbocycles. The van der Waals surface area contributed by atoms with E-state index in [1.807, 2.05) is 31.2 Å². The molecule has 1 aliphatic carbocycles. The fourth-order valence-corrected chi connectivity index (χ4v) is 2.42. The van der Waals surface area contributed by atoms with E-state index >= 15 is 0 Å². The predicted molar refractivity (Wildman–Crippen MR) is 104 cm³/mol. The van der Waals surface area contributed by atoms with Gasteiger partial charge < -0.3 is 21.3 Å². The molecule has 1 aromatic rings. The van der Waals surface area contributed by atoms with Crippen LogP contribution in [-0.2, 0) is 16.0 Å². The molecule has 0 saturated heterocycles. The third kappa shape index (κ3) is 7.13. The van der Waals surface area contributed by atoms with Crippen LogP contribution in [0.25, 0.3) is 0 Å². The quantitative estimate of drug-likeness (QED) is 0.303. The van der Waals surface area contributed by atoms with Gasteiger partial charge in [0, 0.05) is 31.2 Å². The smallest absolute Gasteiger partial charge is 0.246 e. The van der Waals surface area contributed by atoms with Crippen LogP contribution in [0.15, 0.2) is 29.3 Å². The fraction of sp³-hybridized carbons (Fsp3) is 0.526. The first-order valence-corrected chi connectivity index (χ1v) is 9.31. The molecule has 0 aromatic heterocycles. The van der Waals surface area contributed by atoms with Crippen molar-refractivity contribution >= 4 is 23.5 Å². The molecular formula is C19H29N5O2. The molecular weight excluding hydrogens is 330 g/mol. The number of hydrogen-bond donors (Lipinski definition) is 4. The average Bonchev–Trinajstić information content (AvgIpc) is 3.48. The van der Waals surface area contributed by atoms with Crippen molar-refractivity contribution in [3.8, 4) is 0 Å². The Balaban J connectivity index is 1.75. The van der Waals surface area contributed by atoms with E-state index in [2.05, 4.69) is 33.2 Å². The highest BCUT2D eigenvalue weighted by Gasteiger charge is 2.28. The topological polar surface area (TPSA) is 94.6 Å². The molecule has 26 heavy (non-hydrogen) atoms. The van der Waals surface area contributed by atoms with Crippen molar-refractivity contribution in [2.45, 2.75) is 33.1 Å². The normalized spacial score (nSPS) is 13.8. The molecule has 7 nitrogen and oxygen atoms in total. The summed E-state index contributed by atoms with van der Waals surface area (Å²) in [6.45, 7) is 5.86. The maximum Gasteiger partial charge on any atom is 0.246 e. The molecule has 0 aliphatic heterocycles. The first kappa shape index (κ1) is 19.8. The fourth-order valence-electron chi connectivity index (χ4n) is 2.42. The van der Waals surface area contributed by atoms with Crippen LogP contribution in [0.4, 0.5) is 5.69 Å². The van der Waals surface area contributed by atoms with Gasteiger partial charge in [-0.05, 0) is 43.9 Å². The van der Waals surface area contributed by atoms with Crippen LogP contribution in [0, 0.1) is 5.92 Å². The third-order valence-corrected chi connectivity index (χ3v) is 4.01. The molecule has 0 unspecified atom stereocenters. The minimum atomic E-state index is -0.169. The summed E-state index contributed by atoms with van der Waals surface area (Å²) in [5.74, 6) is 0.734. The van der Waals surface area contributed by atoms with Crippen molar-refractivity contribution < 1.29 is 9.59 Å². The van der Waals surface area contributed by atoms with Gasteiger partial charge in [-0.1, -0.05) is 19.1 Å². The number of nitrogens with one attached hydrogen (secondary N) is 4. The third-order valence-electron chi connectivity index (χ3n) is 4.01. The molecule has 0 heterocycles. The van der Waals surface area contributed by atoms with E-state index < -0.39 is 0 Å². The largest absolute Gasteiger partial charge is 0.357 e. The van der Waals surface area contributed by atoms with Crippen molar-refractivity contribution in [1.29, 1.82) is 0 Å². The summed E-state index contributed by atoms with van der Waals surface area (Å²) in [4.78, 5) is 27.9. The molecule has 1 fully saturated rings. The van der Waals surface area contributed by atoms with Crippen molar-refractivity contribution in [2.75, 3.05) is 31.5 Å². The number of aliphatic imine (C=N–C) groups is 1. The van der Waals surface area contributed by atoms with Crippen LogP contribution in [0.5, 0.6) is 0 Å². The second-order valence-corrected chi connectivity index (χ2v) is 6.29. The lowest BCUT2D eigenvalue weighted by molar-refractivity contribution is -0.122. The van der Waals surface area contributed by atoms with Crippen molar-refractivity contribution in [1.82, 2.24) is 16.0 Å². The molecule has 1 aliphatic rings. The van der Waals surface area contributed by atoms with E-state index in [1.165, 1.54) is 5.56 Å². The van der Waals surface area contributed by atoms with Gasteiger partial charge >= 0.3 is 0 Å². The zero-order chi connectivity index (χ0) is 18.8. The summed E-state index contributed by atoms with van der Waals surface area (Å²) in [5, 5.41) is 12.0. The van der Waals surface area contributed by atoms with Crippen LogP contribution >= 0.6 is 0 Å². The number of rotatable bonds is 9. The van der Waals surface area contributed by atoms with Crippen molar-refractivity contribution in [3.63, 3.8) is 0 Å². The average molecular weight is 359 g/mol. The molecule has 142 valence electrons. The highest BCUT2D eigenvalue weighted by molar-refractivity contribution is 5.94. The zero-order valence-corrected chi connectivity index (χ0v) is 15.6. The summed E-state index contributed by atoms with van der Waals surface area (Å²) in [6.07, 6.45) is 2.92. The van der Waals surface area contributed by atoms with Gasteiger partial charge in [-0.3, -0.25) is 9.59 Å². The Morgan fingerprint density at radius 1 is 1.12 bits per heavy atom. The van der Waals surface area contributed by atoms with Crippen LogP contribution in [0.1, 0.15) is 32.3 Å². The van der Waals surface area contributed by atoms with Crippen LogP contribution in [0.2, 0.25) is 0 Å². The summed E-state index contributed by atoms with van der Waals surface area (Å²) in [6, 6.07) is 7.79. The molecule has 0 spiro atoms. The number of amides is 2. The van der Waals surface area contributed by atoms with Gasteiger partial charge in [-0.15, -0.1) is 0 Å². The van der Waals surface area contributed by atoms with Crippen LogP contribution < -0.4 is 21.3 Å². The lowest BCUT2D eigenvalue weighted by Crippen LogP contribution is -2.42. The van der Waals surface area contributed by atoms with Gasteiger partial charge in [-0.2, -0.15) is 0 Å². The Kier molecular flexibility index (Phi) is 7.92. The molecule has 2 amide bonds. The number of anilines is 1. The van der Waals surface area contributed by atoms with Gasteiger partial charge in [0.2, 0.25) is 11.8 Å². The lowest BCUT2D eigenvalue weighted by Gasteiger charge is -2.12. The molecule has 4 N–H and O–H groups in total. The number of carbonyl (C=O) groups excluding carboxylic acids is 2. The predicted octanol–water partition coefficient (Wildman–Crippen LogP) is 1.27. The van der Waals surface area contributed by atoms with Crippen molar-refractivity contribution in [3.05, 3.63) is 29.8 Å². The second kappa shape index (κ2) is 10.4. The SMILES string of the molecule is CCNC(=NCC(=O)Nc1cccc(CC)c1)NCCNC(=O)C1CC1. The van der Waals surface area contributed by atoms with Gasteiger partial charge in [0.05, 0.1) is 0 Å². The maximum absolute atomic E-state index is 12.1. The van der Waals surface area contributed by atoms with Crippen molar-refractivity contribution in [2.24, 2.45) is 10.9 Å². The van der Waals surface area contributed by atoms with Gasteiger partial charge in [0.15, 0.2) is 5.96 Å². The van der Waals surface area contributed by atoms with E-state index in [0.717, 1.165) is 24.9 Å². The van der Waals surface area contributed by atoms with Crippen LogP contribution in [0.3, 0.4) is 0 Å². The molecule has 2 rings (SSSR count). The van der Waals surface area contributed by atoms with E-state index in [1.54, 1.807) is 0 Å². The maximum atomic E-state index is 12.1. The Bertz CT molecular complexity index is 641. The molecule has 1 saturated carbocycles. The number of benzene rings is 1. The second-order valence-electron chi connectivity index (χ2n) is 6.29. The van der Waals surface area contributed by atoms with Gasteiger partial charge in [-0.25, -0.2) is 4.99 Å². The van der Waals surface area contributed by atoms with E-state index in [-0.39, 0.29) is 24.3 Å². The molecule has 0 atom stereocenters. The summed E-state index contributed by atoms with van der Waals surface area (Å²) in [5.41, 5.74) is 1.96. The number of nitrogens with zero attached hydrogens (tertiary/aromatic N) is 1. The van der Waals surface area contributed by atoms with Crippen LogP contribution in [-0.4, -0.2) is 44.0 Å². The Hall–Kier alpha value is -2.57. The highest BCUT2D eigenvalue weighted by atomic mass is 16.2. The Morgan fingerprint density at radius 3 is 2.58 bits per heavy atom.